The monoisotopic (exact) mass is 513 g/mol. The van der Waals surface area contributed by atoms with Crippen LogP contribution in [-0.4, -0.2) is 45.8 Å². The molecule has 1 aromatic carbocycles. The molecule has 1 aliphatic heterocycles. The SMILES string of the molecule is CCC.CCCc1cnc(N2CCn3c(nc4cc(CO)c(S(C)(=O)=O)cc43)C2)nc1C(F)(F)F. The van der Waals surface area contributed by atoms with Gasteiger partial charge in [-0.3, -0.25) is 0 Å². The minimum atomic E-state index is -4.58. The minimum absolute atomic E-state index is 0.0247. The van der Waals surface area contributed by atoms with Gasteiger partial charge in [-0.1, -0.05) is 33.6 Å². The van der Waals surface area contributed by atoms with Crippen LogP contribution in [-0.2, 0) is 42.1 Å². The number of aromatic nitrogens is 4. The lowest BCUT2D eigenvalue weighted by atomic mass is 10.1. The highest BCUT2D eigenvalue weighted by Crippen LogP contribution is 2.33. The van der Waals surface area contributed by atoms with Gasteiger partial charge in [0, 0.05) is 31.1 Å². The van der Waals surface area contributed by atoms with E-state index in [0.717, 1.165) is 6.26 Å². The summed E-state index contributed by atoms with van der Waals surface area (Å²) < 4.78 is 66.6. The third kappa shape index (κ3) is 5.75. The first-order valence-electron chi connectivity index (χ1n) is 11.4. The van der Waals surface area contributed by atoms with Crippen molar-refractivity contribution in [3.05, 3.63) is 41.0 Å². The summed E-state index contributed by atoms with van der Waals surface area (Å²) in [5.74, 6) is 0.527. The van der Waals surface area contributed by atoms with Gasteiger partial charge in [0.15, 0.2) is 15.5 Å². The molecule has 3 aromatic rings. The molecule has 0 spiro atoms. The van der Waals surface area contributed by atoms with Gasteiger partial charge in [0.25, 0.3) is 0 Å². The van der Waals surface area contributed by atoms with Crippen molar-refractivity contribution in [2.45, 2.75) is 70.8 Å². The van der Waals surface area contributed by atoms with Gasteiger partial charge >= 0.3 is 6.18 Å². The van der Waals surface area contributed by atoms with Crippen molar-refractivity contribution in [3.8, 4) is 0 Å². The summed E-state index contributed by atoms with van der Waals surface area (Å²) in [6.07, 6.45) is -0.238. The first-order valence-corrected chi connectivity index (χ1v) is 13.3. The van der Waals surface area contributed by atoms with Gasteiger partial charge in [-0.25, -0.2) is 23.4 Å². The molecule has 35 heavy (non-hydrogen) atoms. The normalized spacial score (nSPS) is 14.0. The van der Waals surface area contributed by atoms with Crippen molar-refractivity contribution in [2.75, 3.05) is 17.7 Å². The molecule has 3 heterocycles. The number of alkyl halides is 3. The number of halogens is 3. The summed E-state index contributed by atoms with van der Waals surface area (Å²) in [5, 5.41) is 9.57. The van der Waals surface area contributed by atoms with Crippen molar-refractivity contribution in [1.29, 1.82) is 0 Å². The molecule has 1 N–H and O–H groups in total. The molecule has 192 valence electrons. The Bertz CT molecular complexity index is 1310. The van der Waals surface area contributed by atoms with E-state index in [1.807, 2.05) is 4.57 Å². The van der Waals surface area contributed by atoms with Crippen LogP contribution in [0.5, 0.6) is 0 Å². The summed E-state index contributed by atoms with van der Waals surface area (Å²) in [6, 6.07) is 3.01. The Balaban J connectivity index is 0.00000108. The molecule has 0 fully saturated rings. The fourth-order valence-corrected chi connectivity index (χ4v) is 4.90. The topological polar surface area (TPSA) is 101 Å². The van der Waals surface area contributed by atoms with Crippen LogP contribution >= 0.6 is 0 Å². The van der Waals surface area contributed by atoms with Gasteiger partial charge in [0.2, 0.25) is 5.95 Å². The molecule has 1 aliphatic rings. The molecular weight excluding hydrogens is 483 g/mol. The zero-order valence-electron chi connectivity index (χ0n) is 20.2. The van der Waals surface area contributed by atoms with Crippen molar-refractivity contribution in [3.63, 3.8) is 0 Å². The molecule has 0 unspecified atom stereocenters. The first kappa shape index (κ1) is 26.9. The smallest absolute Gasteiger partial charge is 0.392 e. The van der Waals surface area contributed by atoms with E-state index in [4.69, 9.17) is 0 Å². The Hall–Kier alpha value is -2.73. The number of benzene rings is 1. The molecule has 0 aliphatic carbocycles. The predicted molar refractivity (Wildman–Crippen MR) is 127 cm³/mol. The van der Waals surface area contributed by atoms with Gasteiger partial charge in [0.05, 0.1) is 29.1 Å². The molecule has 0 radical (unpaired) electrons. The van der Waals surface area contributed by atoms with E-state index in [2.05, 4.69) is 28.8 Å². The lowest BCUT2D eigenvalue weighted by molar-refractivity contribution is -0.141. The number of imidazole rings is 1. The third-order valence-electron chi connectivity index (χ3n) is 5.43. The second kappa shape index (κ2) is 10.5. The second-order valence-electron chi connectivity index (χ2n) is 8.48. The average Bonchev–Trinajstić information content (AvgIpc) is 3.14. The van der Waals surface area contributed by atoms with Crippen LogP contribution in [0.2, 0.25) is 0 Å². The number of sulfone groups is 1. The number of hydrogen-bond donors (Lipinski definition) is 1. The van der Waals surface area contributed by atoms with Crippen molar-refractivity contribution >= 4 is 26.8 Å². The van der Waals surface area contributed by atoms with Crippen molar-refractivity contribution in [1.82, 2.24) is 19.5 Å². The molecule has 0 saturated heterocycles. The Morgan fingerprint density at radius 3 is 2.34 bits per heavy atom. The summed E-state index contributed by atoms with van der Waals surface area (Å²) in [6.45, 7) is 6.46. The minimum Gasteiger partial charge on any atom is -0.392 e. The van der Waals surface area contributed by atoms with Gasteiger partial charge < -0.3 is 14.6 Å². The second-order valence-corrected chi connectivity index (χ2v) is 10.5. The molecule has 8 nitrogen and oxygen atoms in total. The number of nitrogens with zero attached hydrogens (tertiary/aromatic N) is 5. The molecular formula is C23H30F3N5O3S. The van der Waals surface area contributed by atoms with Crippen molar-refractivity contribution in [2.24, 2.45) is 0 Å². The summed E-state index contributed by atoms with van der Waals surface area (Å²) in [5.41, 5.74) is 0.490. The Morgan fingerprint density at radius 1 is 1.09 bits per heavy atom. The van der Waals surface area contributed by atoms with E-state index in [-0.39, 0.29) is 34.9 Å². The van der Waals surface area contributed by atoms with E-state index < -0.39 is 28.3 Å². The lowest BCUT2D eigenvalue weighted by Crippen LogP contribution is -2.35. The van der Waals surface area contributed by atoms with Crippen LogP contribution in [0.4, 0.5) is 19.1 Å². The fourth-order valence-electron chi connectivity index (χ4n) is 3.97. The van der Waals surface area contributed by atoms with E-state index >= 15 is 0 Å². The van der Waals surface area contributed by atoms with Crippen LogP contribution in [0.25, 0.3) is 11.0 Å². The molecule has 0 atom stereocenters. The summed E-state index contributed by atoms with van der Waals surface area (Å²) >= 11 is 0. The first-order chi connectivity index (χ1) is 16.4. The summed E-state index contributed by atoms with van der Waals surface area (Å²) in [7, 11) is -3.56. The molecule has 4 rings (SSSR count). The largest absolute Gasteiger partial charge is 0.433 e. The van der Waals surface area contributed by atoms with E-state index in [1.54, 1.807) is 11.8 Å². The highest BCUT2D eigenvalue weighted by atomic mass is 32.2. The number of aliphatic hydroxyl groups is 1. The standard InChI is InChI=1S/C20H22F3N5O3S.C3H8/c1-3-4-12-9-24-19(26-18(12)20(21,22)23)27-5-6-28-15-8-16(32(2,30)31)13(11-29)7-14(15)25-17(28)10-27;1-3-2/h7-9,29H,3-6,10-11H2,1-2H3;3H2,1-2H3. The van der Waals surface area contributed by atoms with Gasteiger partial charge in [-0.2, -0.15) is 13.2 Å². The Labute approximate surface area is 202 Å². The quantitative estimate of drug-likeness (QED) is 0.547. The molecule has 0 saturated carbocycles. The predicted octanol–water partition coefficient (Wildman–Crippen LogP) is 4.13. The zero-order chi connectivity index (χ0) is 26.0. The number of aliphatic hydroxyl groups excluding tert-OH is 1. The molecule has 0 bridgehead atoms. The molecule has 2 aromatic heterocycles. The molecule has 12 heteroatoms. The lowest BCUT2D eigenvalue weighted by Gasteiger charge is -2.28. The van der Waals surface area contributed by atoms with Crippen LogP contribution in [0, 0.1) is 0 Å². The van der Waals surface area contributed by atoms with Crippen molar-refractivity contribution < 1.29 is 26.7 Å². The van der Waals surface area contributed by atoms with Crippen LogP contribution in [0.15, 0.2) is 23.2 Å². The Morgan fingerprint density at radius 2 is 1.77 bits per heavy atom. The van der Waals surface area contributed by atoms with Gasteiger partial charge in [-0.15, -0.1) is 0 Å². The Kier molecular flexibility index (Phi) is 8.05. The number of anilines is 1. The maximum absolute atomic E-state index is 13.5. The van der Waals surface area contributed by atoms with E-state index in [0.29, 0.717) is 36.4 Å². The average molecular weight is 514 g/mol. The van der Waals surface area contributed by atoms with Gasteiger partial charge in [0.1, 0.15) is 5.82 Å². The maximum atomic E-state index is 13.5. The highest BCUT2D eigenvalue weighted by Gasteiger charge is 2.36. The maximum Gasteiger partial charge on any atom is 0.433 e. The van der Waals surface area contributed by atoms with E-state index in [1.165, 1.54) is 24.8 Å². The third-order valence-corrected chi connectivity index (χ3v) is 6.61. The number of hydrogen-bond acceptors (Lipinski definition) is 7. The summed E-state index contributed by atoms with van der Waals surface area (Å²) in [4.78, 5) is 14.2. The highest BCUT2D eigenvalue weighted by molar-refractivity contribution is 7.90. The fraction of sp³-hybridized carbons (Fsp3) is 0.522. The van der Waals surface area contributed by atoms with Crippen LogP contribution in [0.3, 0.4) is 0 Å². The van der Waals surface area contributed by atoms with E-state index in [9.17, 15) is 26.7 Å². The van der Waals surface area contributed by atoms with Crippen LogP contribution in [0.1, 0.15) is 56.3 Å². The number of aryl methyl sites for hydroxylation is 1. The number of fused-ring (bicyclic) bond motifs is 3. The molecule has 0 amide bonds. The van der Waals surface area contributed by atoms with Gasteiger partial charge in [-0.05, 0) is 24.1 Å². The number of rotatable bonds is 5. The zero-order valence-corrected chi connectivity index (χ0v) is 21.0. The van der Waals surface area contributed by atoms with Crippen LogP contribution < -0.4 is 4.90 Å².